The predicted molar refractivity (Wildman–Crippen MR) is 171 cm³/mol. The van der Waals surface area contributed by atoms with Crippen molar-refractivity contribution < 1.29 is 24.3 Å². The first-order valence-electron chi connectivity index (χ1n) is 15.5. The lowest BCUT2D eigenvalue weighted by Gasteiger charge is -2.31. The van der Waals surface area contributed by atoms with E-state index in [0.717, 1.165) is 44.1 Å². The summed E-state index contributed by atoms with van der Waals surface area (Å²) >= 11 is 2.15. The summed E-state index contributed by atoms with van der Waals surface area (Å²) in [5.74, 6) is -0.776. The molecule has 1 aliphatic carbocycles. The molecule has 2 N–H and O–H groups in total. The number of amides is 3. The first-order valence-corrected chi connectivity index (χ1v) is 17.6. The number of aliphatic hydroxyl groups excluding tert-OH is 1. The molecule has 42 heavy (non-hydrogen) atoms. The summed E-state index contributed by atoms with van der Waals surface area (Å²) in [6.45, 7) is 2.98. The highest BCUT2D eigenvalue weighted by Gasteiger charge is 2.62. The SMILES string of the molecule is CI.C[C@H]1CCCCC/C=C\[C@@H]2C[C@@]2(C(=O)N2CCC[C@H]2C(=O)NCc2ccccc2)CC(=O)[C@@H]2C[C@@H](O)CN2C1=O. The largest absolute Gasteiger partial charge is 0.391 e. The third-order valence-corrected chi connectivity index (χ3v) is 9.41. The van der Waals surface area contributed by atoms with Crippen molar-refractivity contribution in [3.8, 4) is 0 Å². The standard InChI is InChI=1S/C32H43N3O5.CH3I/c1-22-11-6-3-2-4-9-14-24-18-32(24,19-28(37)27-17-25(36)21-35(27)30(22)39)31(40)34-16-10-15-26(34)29(38)33-20-23-12-7-5-8-13-23;1-2/h5,7-9,12-14,22,24-27,36H,2-4,6,10-11,15-21H2,1H3,(H,33,38);1H3/b14-9-;/t22-,24+,25+,26-,27-,32+;/m0./s1. The number of fused-ring (bicyclic) bond motifs is 2. The zero-order chi connectivity index (χ0) is 30.3. The number of rotatable bonds is 4. The third kappa shape index (κ3) is 7.44. The van der Waals surface area contributed by atoms with Crippen molar-refractivity contribution in [1.29, 1.82) is 0 Å². The Bertz CT molecular complexity index is 1140. The number of Topliss-reactive ketones (excluding diaryl/α,β-unsaturated/α-hetero) is 1. The monoisotopic (exact) mass is 691 g/mol. The van der Waals surface area contributed by atoms with E-state index >= 15 is 0 Å². The molecule has 5 rings (SSSR count). The van der Waals surface area contributed by atoms with Gasteiger partial charge in [-0.15, -0.1) is 0 Å². The summed E-state index contributed by atoms with van der Waals surface area (Å²) in [5.41, 5.74) is 0.113. The van der Waals surface area contributed by atoms with E-state index < -0.39 is 23.6 Å². The zero-order valence-electron chi connectivity index (χ0n) is 25.0. The lowest BCUT2D eigenvalue weighted by molar-refractivity contribution is -0.146. The maximum absolute atomic E-state index is 14.2. The van der Waals surface area contributed by atoms with Crippen LogP contribution in [0.3, 0.4) is 0 Å². The maximum Gasteiger partial charge on any atom is 0.243 e. The molecule has 1 saturated carbocycles. The highest BCUT2D eigenvalue weighted by Crippen LogP contribution is 2.58. The van der Waals surface area contributed by atoms with Gasteiger partial charge in [-0.3, -0.25) is 19.2 Å². The topological polar surface area (TPSA) is 107 Å². The van der Waals surface area contributed by atoms with Crippen LogP contribution in [0.4, 0.5) is 0 Å². The number of allylic oxidation sites excluding steroid dienone is 2. The van der Waals surface area contributed by atoms with Crippen LogP contribution in [0.15, 0.2) is 42.5 Å². The van der Waals surface area contributed by atoms with Crippen molar-refractivity contribution in [1.82, 2.24) is 15.1 Å². The Hall–Kier alpha value is -2.27. The molecule has 0 aromatic heterocycles. The maximum atomic E-state index is 14.2. The van der Waals surface area contributed by atoms with Gasteiger partial charge in [0, 0.05) is 38.4 Å². The molecule has 3 amide bonds. The van der Waals surface area contributed by atoms with Crippen LogP contribution >= 0.6 is 22.6 Å². The molecule has 1 aromatic rings. The summed E-state index contributed by atoms with van der Waals surface area (Å²) in [4.78, 5) is 59.7. The Balaban J connectivity index is 0.00000198. The average Bonchev–Trinajstić information content (AvgIpc) is 3.30. The van der Waals surface area contributed by atoms with Gasteiger partial charge < -0.3 is 20.2 Å². The summed E-state index contributed by atoms with van der Waals surface area (Å²) in [6.07, 6.45) is 10.3. The van der Waals surface area contributed by atoms with Gasteiger partial charge in [-0.2, -0.15) is 0 Å². The smallest absolute Gasteiger partial charge is 0.243 e. The fraction of sp³-hybridized carbons (Fsp3) is 0.636. The molecule has 4 aliphatic rings. The van der Waals surface area contributed by atoms with Crippen molar-refractivity contribution in [3.05, 3.63) is 48.0 Å². The van der Waals surface area contributed by atoms with Gasteiger partial charge in [0.05, 0.1) is 17.6 Å². The van der Waals surface area contributed by atoms with Crippen LogP contribution in [0, 0.1) is 17.3 Å². The molecule has 0 spiro atoms. The third-order valence-electron chi connectivity index (χ3n) is 9.41. The number of aliphatic hydroxyl groups is 1. The fourth-order valence-corrected chi connectivity index (χ4v) is 6.93. The molecule has 1 aromatic carbocycles. The highest BCUT2D eigenvalue weighted by molar-refractivity contribution is 14.1. The number of hydrogen-bond donors (Lipinski definition) is 2. The van der Waals surface area contributed by atoms with E-state index in [4.69, 9.17) is 0 Å². The first-order chi connectivity index (χ1) is 20.3. The molecule has 3 aliphatic heterocycles. The van der Waals surface area contributed by atoms with Gasteiger partial charge in [0.2, 0.25) is 17.7 Å². The lowest BCUT2D eigenvalue weighted by Crippen LogP contribution is -2.50. The Morgan fingerprint density at radius 1 is 1.07 bits per heavy atom. The second-order valence-electron chi connectivity index (χ2n) is 12.3. The van der Waals surface area contributed by atoms with E-state index in [2.05, 4.69) is 40.1 Å². The highest BCUT2D eigenvalue weighted by atomic mass is 127. The number of likely N-dealkylation sites (tertiary alicyclic amines) is 1. The summed E-state index contributed by atoms with van der Waals surface area (Å²) in [6, 6.07) is 8.45. The number of benzene rings is 1. The number of carbonyl (C=O) groups is 4. The van der Waals surface area contributed by atoms with Gasteiger partial charge in [-0.05, 0) is 54.9 Å². The van der Waals surface area contributed by atoms with Crippen molar-refractivity contribution in [3.63, 3.8) is 0 Å². The van der Waals surface area contributed by atoms with E-state index in [1.807, 2.05) is 42.2 Å². The summed E-state index contributed by atoms with van der Waals surface area (Å²) in [7, 11) is 0. The van der Waals surface area contributed by atoms with E-state index in [-0.39, 0.29) is 54.7 Å². The van der Waals surface area contributed by atoms with Crippen molar-refractivity contribution in [2.45, 2.75) is 95.9 Å². The second kappa shape index (κ2) is 14.9. The second-order valence-corrected chi connectivity index (χ2v) is 12.3. The van der Waals surface area contributed by atoms with E-state index in [1.165, 1.54) is 0 Å². The number of alkyl halides is 1. The van der Waals surface area contributed by atoms with Crippen molar-refractivity contribution >= 4 is 46.1 Å². The molecule has 6 atom stereocenters. The van der Waals surface area contributed by atoms with Crippen molar-refractivity contribution in [2.75, 3.05) is 18.0 Å². The molecule has 8 nitrogen and oxygen atoms in total. The van der Waals surface area contributed by atoms with E-state index in [9.17, 15) is 24.3 Å². The minimum Gasteiger partial charge on any atom is -0.391 e. The number of nitrogens with zero attached hydrogens (tertiary/aromatic N) is 2. The van der Waals surface area contributed by atoms with Gasteiger partial charge in [0.15, 0.2) is 5.78 Å². The van der Waals surface area contributed by atoms with Crippen LogP contribution in [0.2, 0.25) is 0 Å². The molecule has 0 unspecified atom stereocenters. The van der Waals surface area contributed by atoms with Gasteiger partial charge >= 0.3 is 0 Å². The van der Waals surface area contributed by atoms with Gasteiger partial charge in [0.25, 0.3) is 0 Å². The van der Waals surface area contributed by atoms with Gasteiger partial charge in [-0.25, -0.2) is 0 Å². The first kappa shape index (κ1) is 32.6. The molecule has 9 heteroatoms. The molecular weight excluding hydrogens is 645 g/mol. The van der Waals surface area contributed by atoms with Crippen LogP contribution in [0.1, 0.15) is 76.7 Å². The van der Waals surface area contributed by atoms with E-state index in [0.29, 0.717) is 25.9 Å². The molecule has 0 radical (unpaired) electrons. The Morgan fingerprint density at radius 2 is 1.83 bits per heavy atom. The van der Waals surface area contributed by atoms with Crippen LogP contribution in [-0.4, -0.2) is 74.6 Å². The van der Waals surface area contributed by atoms with Crippen LogP contribution in [0.5, 0.6) is 0 Å². The minimum absolute atomic E-state index is 0.0330. The van der Waals surface area contributed by atoms with Crippen molar-refractivity contribution in [2.24, 2.45) is 17.3 Å². The molecule has 2 saturated heterocycles. The number of nitrogens with one attached hydrogen (secondary N) is 1. The Kier molecular flexibility index (Phi) is 11.6. The molecule has 0 bridgehead atoms. The van der Waals surface area contributed by atoms with E-state index in [1.54, 1.807) is 9.80 Å². The van der Waals surface area contributed by atoms with Gasteiger partial charge in [-0.1, -0.05) is 84.8 Å². The van der Waals surface area contributed by atoms with Gasteiger partial charge in [0.1, 0.15) is 6.04 Å². The Morgan fingerprint density at radius 3 is 2.60 bits per heavy atom. The quantitative estimate of drug-likeness (QED) is 0.276. The molecular formula is C33H46IN3O5. The molecule has 3 fully saturated rings. The summed E-state index contributed by atoms with van der Waals surface area (Å²) < 4.78 is 0. The Labute approximate surface area is 263 Å². The number of ketones is 1. The number of halogens is 1. The van der Waals surface area contributed by atoms with Crippen LogP contribution < -0.4 is 5.32 Å². The zero-order valence-corrected chi connectivity index (χ0v) is 27.1. The summed E-state index contributed by atoms with van der Waals surface area (Å²) in [5, 5.41) is 13.4. The van der Waals surface area contributed by atoms with Crippen LogP contribution in [0.25, 0.3) is 0 Å². The normalized spacial score (nSPS) is 32.4. The number of hydrogen-bond acceptors (Lipinski definition) is 5. The fourth-order valence-electron chi connectivity index (χ4n) is 6.93. The lowest BCUT2D eigenvalue weighted by atomic mass is 9.90. The molecule has 3 heterocycles. The predicted octanol–water partition coefficient (Wildman–Crippen LogP) is 4.43. The minimum atomic E-state index is -0.885. The van der Waals surface area contributed by atoms with Crippen LogP contribution in [-0.2, 0) is 25.7 Å². The number of carbonyl (C=O) groups excluding carboxylic acids is 4. The average molecular weight is 692 g/mol. The molecule has 230 valence electrons.